The highest BCUT2D eigenvalue weighted by atomic mass is 16.5. The molecule has 0 aliphatic carbocycles. The van der Waals surface area contributed by atoms with Gasteiger partial charge >= 0.3 is 5.63 Å². The summed E-state index contributed by atoms with van der Waals surface area (Å²) >= 11 is 0. The summed E-state index contributed by atoms with van der Waals surface area (Å²) in [6.07, 6.45) is 3.89. The Labute approximate surface area is 135 Å². The first kappa shape index (κ1) is 17.0. The normalized spacial score (nSPS) is 13.0. The summed E-state index contributed by atoms with van der Waals surface area (Å²) in [5.41, 5.74) is 2.29. The third kappa shape index (κ3) is 5.42. The van der Waals surface area contributed by atoms with Gasteiger partial charge in [0.25, 0.3) is 0 Å². The first-order chi connectivity index (χ1) is 10.9. The van der Waals surface area contributed by atoms with Crippen molar-refractivity contribution >= 4 is 11.0 Å². The average Bonchev–Trinajstić information content (AvgIpc) is 2.45. The van der Waals surface area contributed by atoms with Gasteiger partial charge in [-0.05, 0) is 51.5 Å². The smallest absolute Gasteiger partial charge is 0.336 e. The lowest BCUT2D eigenvalue weighted by Crippen LogP contribution is -2.04. The van der Waals surface area contributed by atoms with Crippen molar-refractivity contribution in [1.29, 1.82) is 0 Å². The zero-order valence-electron chi connectivity index (χ0n) is 13.7. The third-order valence-electron chi connectivity index (χ3n) is 3.33. The first-order valence-corrected chi connectivity index (χ1v) is 7.59. The molecule has 1 heterocycles. The minimum atomic E-state index is -0.466. The highest BCUT2D eigenvalue weighted by molar-refractivity contribution is 5.77. The predicted molar refractivity (Wildman–Crippen MR) is 91.8 cm³/mol. The van der Waals surface area contributed by atoms with Crippen molar-refractivity contribution in [1.82, 2.24) is 0 Å². The van der Waals surface area contributed by atoms with Gasteiger partial charge in [-0.3, -0.25) is 0 Å². The first-order valence-electron chi connectivity index (χ1n) is 7.59. The lowest BCUT2D eigenvalue weighted by atomic mass is 10.1. The van der Waals surface area contributed by atoms with Crippen LogP contribution in [0.25, 0.3) is 11.0 Å². The van der Waals surface area contributed by atoms with E-state index in [9.17, 15) is 9.90 Å². The van der Waals surface area contributed by atoms with Gasteiger partial charge in [-0.15, -0.1) is 0 Å². The maximum Gasteiger partial charge on any atom is 0.336 e. The molecular formula is C19H22O4. The molecule has 0 saturated carbocycles. The summed E-state index contributed by atoms with van der Waals surface area (Å²) in [5.74, 6) is 0.640. The zero-order valence-corrected chi connectivity index (χ0v) is 13.7. The van der Waals surface area contributed by atoms with E-state index in [1.54, 1.807) is 12.1 Å². The molecule has 4 nitrogen and oxygen atoms in total. The number of aliphatic hydroxyl groups is 1. The highest BCUT2D eigenvalue weighted by Crippen LogP contribution is 2.19. The number of ether oxygens (including phenoxy) is 1. The molecule has 0 radical (unpaired) electrons. The fourth-order valence-electron chi connectivity index (χ4n) is 2.27. The Hall–Kier alpha value is -2.33. The molecule has 1 aromatic heterocycles. The summed E-state index contributed by atoms with van der Waals surface area (Å²) in [6.45, 7) is 6.29. The van der Waals surface area contributed by atoms with Crippen molar-refractivity contribution in [3.63, 3.8) is 0 Å². The van der Waals surface area contributed by atoms with Gasteiger partial charge in [0.1, 0.15) is 17.9 Å². The Morgan fingerprint density at radius 2 is 2.00 bits per heavy atom. The van der Waals surface area contributed by atoms with E-state index in [1.807, 2.05) is 45.1 Å². The van der Waals surface area contributed by atoms with Crippen LogP contribution in [0.2, 0.25) is 0 Å². The lowest BCUT2D eigenvalue weighted by molar-refractivity contribution is 0.222. The fraction of sp³-hybridized carbons (Fsp3) is 0.316. The van der Waals surface area contributed by atoms with Gasteiger partial charge in [0.05, 0.1) is 6.10 Å². The zero-order chi connectivity index (χ0) is 16.8. The van der Waals surface area contributed by atoms with E-state index in [-0.39, 0.29) is 5.63 Å². The molecule has 2 aromatic rings. The van der Waals surface area contributed by atoms with E-state index < -0.39 is 6.10 Å². The third-order valence-corrected chi connectivity index (χ3v) is 3.33. The Bertz CT molecular complexity index is 779. The molecule has 1 aromatic carbocycles. The number of benzene rings is 1. The van der Waals surface area contributed by atoms with Crippen LogP contribution in [0.5, 0.6) is 5.75 Å². The van der Waals surface area contributed by atoms with E-state index in [4.69, 9.17) is 9.15 Å². The second-order valence-corrected chi connectivity index (χ2v) is 5.83. The molecule has 0 bridgehead atoms. The molecule has 1 atom stereocenters. The van der Waals surface area contributed by atoms with Crippen LogP contribution in [0, 0.1) is 0 Å². The molecule has 0 aliphatic rings. The van der Waals surface area contributed by atoms with Gasteiger partial charge in [-0.2, -0.15) is 0 Å². The molecular weight excluding hydrogens is 292 g/mol. The second-order valence-electron chi connectivity index (χ2n) is 5.83. The van der Waals surface area contributed by atoms with Crippen LogP contribution in [0.3, 0.4) is 0 Å². The van der Waals surface area contributed by atoms with E-state index in [0.29, 0.717) is 24.4 Å². The summed E-state index contributed by atoms with van der Waals surface area (Å²) in [4.78, 5) is 11.2. The van der Waals surface area contributed by atoms with Gasteiger partial charge in [-0.1, -0.05) is 17.2 Å². The topological polar surface area (TPSA) is 59.7 Å². The Morgan fingerprint density at radius 3 is 2.74 bits per heavy atom. The van der Waals surface area contributed by atoms with E-state index in [1.165, 1.54) is 6.07 Å². The monoisotopic (exact) mass is 314 g/mol. The number of fused-ring (bicyclic) bond motifs is 1. The number of hydrogen-bond acceptors (Lipinski definition) is 4. The number of allylic oxidation sites excluding steroid dienone is 1. The van der Waals surface area contributed by atoms with Crippen LogP contribution in [-0.4, -0.2) is 17.8 Å². The Balaban J connectivity index is 1.96. The number of hydrogen-bond donors (Lipinski definition) is 1. The minimum absolute atomic E-state index is 0.376. The van der Waals surface area contributed by atoms with Crippen molar-refractivity contribution in [2.75, 3.05) is 6.61 Å². The van der Waals surface area contributed by atoms with Crippen LogP contribution in [0.1, 0.15) is 27.2 Å². The van der Waals surface area contributed by atoms with Crippen molar-refractivity contribution in [3.8, 4) is 5.75 Å². The number of rotatable bonds is 6. The highest BCUT2D eigenvalue weighted by Gasteiger charge is 2.02. The fourth-order valence-corrected chi connectivity index (χ4v) is 2.27. The lowest BCUT2D eigenvalue weighted by Gasteiger charge is -2.08. The number of aliphatic hydroxyl groups excluding tert-OH is 1. The second kappa shape index (κ2) is 7.79. The van der Waals surface area contributed by atoms with E-state index >= 15 is 0 Å². The molecule has 0 aliphatic heterocycles. The molecule has 0 fully saturated rings. The molecule has 4 heteroatoms. The summed E-state index contributed by atoms with van der Waals surface area (Å²) in [7, 11) is 0. The van der Waals surface area contributed by atoms with Gasteiger partial charge in [-0.25, -0.2) is 4.79 Å². The quantitative estimate of drug-likeness (QED) is 0.650. The van der Waals surface area contributed by atoms with Gasteiger partial charge in [0.2, 0.25) is 0 Å². The van der Waals surface area contributed by atoms with E-state index in [0.717, 1.165) is 16.5 Å². The Morgan fingerprint density at radius 1 is 1.26 bits per heavy atom. The standard InChI is InChI=1S/C19H22O4/c1-13(2)10-16(20)11-14(3)8-9-22-17-6-4-15-5-7-19(21)23-18(15)12-17/h4-8,10,12,16,20H,9,11H2,1-3H3/b14-8+/t16-/m1/s1. The minimum Gasteiger partial charge on any atom is -0.489 e. The molecule has 0 amide bonds. The molecule has 122 valence electrons. The molecule has 0 spiro atoms. The van der Waals surface area contributed by atoms with Crippen molar-refractivity contribution in [2.45, 2.75) is 33.3 Å². The van der Waals surface area contributed by atoms with Crippen LogP contribution in [-0.2, 0) is 0 Å². The maximum absolute atomic E-state index is 11.2. The van der Waals surface area contributed by atoms with Crippen molar-refractivity contribution < 1.29 is 14.3 Å². The molecule has 0 saturated heterocycles. The molecule has 0 unspecified atom stereocenters. The molecule has 1 N–H and O–H groups in total. The largest absolute Gasteiger partial charge is 0.489 e. The maximum atomic E-state index is 11.2. The molecule has 23 heavy (non-hydrogen) atoms. The average molecular weight is 314 g/mol. The molecule has 2 rings (SSSR count). The summed E-state index contributed by atoms with van der Waals surface area (Å²) in [6, 6.07) is 8.51. The van der Waals surface area contributed by atoms with Crippen LogP contribution in [0.15, 0.2) is 62.8 Å². The van der Waals surface area contributed by atoms with Crippen LogP contribution >= 0.6 is 0 Å². The van der Waals surface area contributed by atoms with Crippen LogP contribution < -0.4 is 10.4 Å². The van der Waals surface area contributed by atoms with E-state index in [2.05, 4.69) is 0 Å². The van der Waals surface area contributed by atoms with Crippen LogP contribution in [0.4, 0.5) is 0 Å². The summed E-state index contributed by atoms with van der Waals surface area (Å²) < 4.78 is 10.8. The SMILES string of the molecule is CC(C)=C[C@@H](O)C/C(C)=C/COc1ccc2ccc(=O)oc2c1. The van der Waals surface area contributed by atoms with Crippen molar-refractivity contribution in [3.05, 3.63) is 64.1 Å². The van der Waals surface area contributed by atoms with Gasteiger partial charge in [0, 0.05) is 17.5 Å². The summed E-state index contributed by atoms with van der Waals surface area (Å²) in [5, 5.41) is 10.7. The van der Waals surface area contributed by atoms with Gasteiger partial charge in [0.15, 0.2) is 0 Å². The van der Waals surface area contributed by atoms with Gasteiger partial charge < -0.3 is 14.3 Å². The Kier molecular flexibility index (Phi) is 5.77. The predicted octanol–water partition coefficient (Wildman–Crippen LogP) is 3.84. The van der Waals surface area contributed by atoms with Crippen molar-refractivity contribution in [2.24, 2.45) is 0 Å².